The zero-order valence-corrected chi connectivity index (χ0v) is 10.6. The van der Waals surface area contributed by atoms with Crippen molar-refractivity contribution < 1.29 is 4.79 Å². The summed E-state index contributed by atoms with van der Waals surface area (Å²) in [7, 11) is 0. The van der Waals surface area contributed by atoms with Crippen LogP contribution in [0.4, 0.5) is 0 Å². The van der Waals surface area contributed by atoms with E-state index >= 15 is 0 Å². The second-order valence-corrected chi connectivity index (χ2v) is 5.22. The van der Waals surface area contributed by atoms with E-state index in [9.17, 15) is 4.79 Å². The summed E-state index contributed by atoms with van der Waals surface area (Å²) in [5.41, 5.74) is 1.34. The van der Waals surface area contributed by atoms with E-state index in [2.05, 4.69) is 16.7 Å². The largest absolute Gasteiger partial charge is 0.356 e. The lowest BCUT2D eigenvalue weighted by molar-refractivity contribution is -0.120. The van der Waals surface area contributed by atoms with Gasteiger partial charge in [0.1, 0.15) is 0 Å². The van der Waals surface area contributed by atoms with Gasteiger partial charge < -0.3 is 10.6 Å². The molecule has 2 N–H and O–H groups in total. The minimum atomic E-state index is 0.205. The number of hydrogen-bond acceptors (Lipinski definition) is 2. The third kappa shape index (κ3) is 4.50. The highest BCUT2D eigenvalue weighted by Crippen LogP contribution is 2.19. The number of amides is 1. The summed E-state index contributed by atoms with van der Waals surface area (Å²) in [6.45, 7) is 1.97. The molecule has 1 saturated heterocycles. The summed E-state index contributed by atoms with van der Waals surface area (Å²) in [4.78, 5) is 11.7. The molecule has 1 atom stereocenters. The first kappa shape index (κ1) is 12.6. The van der Waals surface area contributed by atoms with Crippen molar-refractivity contribution in [2.75, 3.05) is 13.1 Å². The van der Waals surface area contributed by atoms with Gasteiger partial charge in [0.15, 0.2) is 0 Å². The number of carbonyl (C=O) groups is 1. The molecule has 1 fully saturated rings. The lowest BCUT2D eigenvalue weighted by Crippen LogP contribution is -2.30. The topological polar surface area (TPSA) is 41.1 Å². The average molecular weight is 236 g/mol. The highest BCUT2D eigenvalue weighted by atomic mass is 16.1. The highest BCUT2D eigenvalue weighted by molar-refractivity contribution is 5.78. The standard InChI is InChI=1S/C14H24N2O/c17-14(11-12-5-2-1-3-6-12)16-10-8-13-7-4-9-15-13/h5,13,15H,1-4,6-11H2,(H,16,17)/t13-/m1/s1. The van der Waals surface area contributed by atoms with E-state index in [1.807, 2.05) is 0 Å². The molecule has 2 aliphatic rings. The molecule has 1 aliphatic heterocycles. The summed E-state index contributed by atoms with van der Waals surface area (Å²) in [5, 5.41) is 6.49. The second kappa shape index (κ2) is 6.80. The molecule has 0 aromatic rings. The Bertz CT molecular complexity index is 280. The smallest absolute Gasteiger partial charge is 0.224 e. The van der Waals surface area contributed by atoms with Crippen LogP contribution in [0.15, 0.2) is 11.6 Å². The summed E-state index contributed by atoms with van der Waals surface area (Å²) in [6.07, 6.45) is 11.3. The zero-order chi connectivity index (χ0) is 11.9. The van der Waals surface area contributed by atoms with Crippen molar-refractivity contribution in [1.29, 1.82) is 0 Å². The van der Waals surface area contributed by atoms with Gasteiger partial charge in [-0.15, -0.1) is 0 Å². The van der Waals surface area contributed by atoms with Crippen LogP contribution in [0.1, 0.15) is 51.4 Å². The highest BCUT2D eigenvalue weighted by Gasteiger charge is 2.14. The molecule has 1 amide bonds. The van der Waals surface area contributed by atoms with Crippen LogP contribution in [0.5, 0.6) is 0 Å². The molecule has 1 heterocycles. The van der Waals surface area contributed by atoms with Gasteiger partial charge >= 0.3 is 0 Å². The van der Waals surface area contributed by atoms with Crippen LogP contribution in [-0.4, -0.2) is 25.0 Å². The quantitative estimate of drug-likeness (QED) is 0.718. The molecule has 0 radical (unpaired) electrons. The van der Waals surface area contributed by atoms with Crippen LogP contribution in [0, 0.1) is 0 Å². The van der Waals surface area contributed by atoms with Gasteiger partial charge in [-0.2, -0.15) is 0 Å². The molecule has 3 nitrogen and oxygen atoms in total. The van der Waals surface area contributed by atoms with Crippen molar-refractivity contribution in [3.8, 4) is 0 Å². The molecule has 0 aromatic heterocycles. The van der Waals surface area contributed by atoms with Crippen LogP contribution in [0.25, 0.3) is 0 Å². The van der Waals surface area contributed by atoms with E-state index in [1.54, 1.807) is 0 Å². The van der Waals surface area contributed by atoms with Crippen molar-refractivity contribution in [3.63, 3.8) is 0 Å². The predicted molar refractivity (Wildman–Crippen MR) is 69.8 cm³/mol. The Hall–Kier alpha value is -0.830. The van der Waals surface area contributed by atoms with Crippen LogP contribution >= 0.6 is 0 Å². The molecule has 17 heavy (non-hydrogen) atoms. The molecule has 0 unspecified atom stereocenters. The number of nitrogens with one attached hydrogen (secondary N) is 2. The Morgan fingerprint density at radius 3 is 3.06 bits per heavy atom. The Balaban J connectivity index is 1.58. The molecule has 0 aromatic carbocycles. The minimum absolute atomic E-state index is 0.205. The van der Waals surface area contributed by atoms with Crippen LogP contribution in [0.3, 0.4) is 0 Å². The first-order chi connectivity index (χ1) is 8.34. The predicted octanol–water partition coefficient (Wildman–Crippen LogP) is 2.14. The van der Waals surface area contributed by atoms with E-state index in [1.165, 1.54) is 31.3 Å². The number of allylic oxidation sites excluding steroid dienone is 1. The fraction of sp³-hybridized carbons (Fsp3) is 0.786. The van der Waals surface area contributed by atoms with E-state index < -0.39 is 0 Å². The Morgan fingerprint density at radius 1 is 1.41 bits per heavy atom. The maximum Gasteiger partial charge on any atom is 0.224 e. The van der Waals surface area contributed by atoms with Crippen LogP contribution < -0.4 is 10.6 Å². The minimum Gasteiger partial charge on any atom is -0.356 e. The molecule has 1 aliphatic carbocycles. The lowest BCUT2D eigenvalue weighted by Gasteiger charge is -2.14. The van der Waals surface area contributed by atoms with Gasteiger partial charge in [-0.1, -0.05) is 11.6 Å². The van der Waals surface area contributed by atoms with Gasteiger partial charge in [0.05, 0.1) is 0 Å². The first-order valence-corrected chi connectivity index (χ1v) is 7.02. The molecular formula is C14H24N2O. The van der Waals surface area contributed by atoms with Crippen molar-refractivity contribution in [2.45, 2.75) is 57.4 Å². The fourth-order valence-corrected chi connectivity index (χ4v) is 2.72. The van der Waals surface area contributed by atoms with Gasteiger partial charge in [0.2, 0.25) is 5.91 Å². The van der Waals surface area contributed by atoms with Gasteiger partial charge in [-0.3, -0.25) is 4.79 Å². The molecule has 96 valence electrons. The number of rotatable bonds is 5. The van der Waals surface area contributed by atoms with Crippen molar-refractivity contribution in [2.24, 2.45) is 0 Å². The molecule has 2 rings (SSSR count). The third-order valence-electron chi connectivity index (χ3n) is 3.75. The van der Waals surface area contributed by atoms with E-state index in [0.29, 0.717) is 12.5 Å². The van der Waals surface area contributed by atoms with Gasteiger partial charge in [-0.25, -0.2) is 0 Å². The Labute approximate surface area is 104 Å². The Morgan fingerprint density at radius 2 is 2.35 bits per heavy atom. The van der Waals surface area contributed by atoms with Crippen LogP contribution in [0.2, 0.25) is 0 Å². The summed E-state index contributed by atoms with van der Waals surface area (Å²) < 4.78 is 0. The fourth-order valence-electron chi connectivity index (χ4n) is 2.72. The van der Waals surface area contributed by atoms with Gasteiger partial charge in [0.25, 0.3) is 0 Å². The van der Waals surface area contributed by atoms with Crippen molar-refractivity contribution in [3.05, 3.63) is 11.6 Å². The van der Waals surface area contributed by atoms with Gasteiger partial charge in [-0.05, 0) is 51.5 Å². The van der Waals surface area contributed by atoms with Crippen molar-refractivity contribution in [1.82, 2.24) is 10.6 Å². The molecule has 0 spiro atoms. The summed E-state index contributed by atoms with van der Waals surface area (Å²) in [6, 6.07) is 0.629. The van der Waals surface area contributed by atoms with Crippen LogP contribution in [-0.2, 0) is 4.79 Å². The Kier molecular flexibility index (Phi) is 5.05. The SMILES string of the molecule is O=C(CC1=CCCCC1)NCC[C@H]1CCCN1. The zero-order valence-electron chi connectivity index (χ0n) is 10.6. The van der Waals surface area contributed by atoms with E-state index in [0.717, 1.165) is 32.4 Å². The number of carbonyl (C=O) groups excluding carboxylic acids is 1. The summed E-state index contributed by atoms with van der Waals surface area (Å²) >= 11 is 0. The summed E-state index contributed by atoms with van der Waals surface area (Å²) in [5.74, 6) is 0.205. The lowest BCUT2D eigenvalue weighted by atomic mass is 9.97. The van der Waals surface area contributed by atoms with E-state index in [4.69, 9.17) is 0 Å². The molecular weight excluding hydrogens is 212 g/mol. The van der Waals surface area contributed by atoms with E-state index in [-0.39, 0.29) is 5.91 Å². The first-order valence-electron chi connectivity index (χ1n) is 7.02. The second-order valence-electron chi connectivity index (χ2n) is 5.22. The third-order valence-corrected chi connectivity index (χ3v) is 3.75. The molecule has 3 heteroatoms. The molecule has 0 bridgehead atoms. The molecule has 0 saturated carbocycles. The maximum atomic E-state index is 11.7. The monoisotopic (exact) mass is 236 g/mol. The number of hydrogen-bond donors (Lipinski definition) is 2. The maximum absolute atomic E-state index is 11.7. The average Bonchev–Trinajstić information content (AvgIpc) is 2.83. The van der Waals surface area contributed by atoms with Gasteiger partial charge in [0, 0.05) is 19.0 Å². The normalized spacial score (nSPS) is 24.5. The van der Waals surface area contributed by atoms with Crippen molar-refractivity contribution >= 4 is 5.91 Å².